The molecule has 0 aromatic carbocycles. The highest BCUT2D eigenvalue weighted by molar-refractivity contribution is 9.11. The molecule has 0 radical (unpaired) electrons. The van der Waals surface area contributed by atoms with Gasteiger partial charge in [0.05, 0.1) is 0 Å². The quantitative estimate of drug-likeness (QED) is 0.750. The standard InChI is InChI=1S/C10H19BrN2/c1-9(11)5-6-10(2)13(4)8-7-12-3/h5-6,12H,7-8H2,1-4H3/b9-5+,10-6+. The molecular formula is C10H19BrN2. The fourth-order valence-corrected chi connectivity index (χ4v) is 0.951. The minimum absolute atomic E-state index is 1.01. The SMILES string of the molecule is CNCCN(C)/C(C)=C/C=C(\C)Br. The van der Waals surface area contributed by atoms with Crippen molar-refractivity contribution < 1.29 is 0 Å². The number of hydrogen-bond acceptors (Lipinski definition) is 2. The molecule has 0 aliphatic carbocycles. The molecule has 0 fully saturated rings. The van der Waals surface area contributed by atoms with Crippen LogP contribution in [0.1, 0.15) is 13.8 Å². The summed E-state index contributed by atoms with van der Waals surface area (Å²) in [6.45, 7) is 6.19. The average molecular weight is 247 g/mol. The predicted molar refractivity (Wildman–Crippen MR) is 63.0 cm³/mol. The highest BCUT2D eigenvalue weighted by atomic mass is 79.9. The van der Waals surface area contributed by atoms with Crippen molar-refractivity contribution in [1.82, 2.24) is 10.2 Å². The molecule has 0 aromatic heterocycles. The molecule has 0 aromatic rings. The van der Waals surface area contributed by atoms with Gasteiger partial charge in [-0.3, -0.25) is 0 Å². The van der Waals surface area contributed by atoms with Gasteiger partial charge >= 0.3 is 0 Å². The first-order valence-electron chi connectivity index (χ1n) is 4.44. The Labute approximate surface area is 89.8 Å². The van der Waals surface area contributed by atoms with Gasteiger partial charge in [-0.15, -0.1) is 0 Å². The predicted octanol–water partition coefficient (Wildman–Crippen LogP) is 2.34. The first kappa shape index (κ1) is 12.7. The second-order valence-electron chi connectivity index (χ2n) is 3.09. The highest BCUT2D eigenvalue weighted by Crippen LogP contribution is 2.05. The molecule has 0 bridgehead atoms. The summed E-state index contributed by atoms with van der Waals surface area (Å²) in [5.41, 5.74) is 1.27. The highest BCUT2D eigenvalue weighted by Gasteiger charge is 1.95. The van der Waals surface area contributed by atoms with E-state index in [1.54, 1.807) is 0 Å². The Morgan fingerprint density at radius 2 is 2.00 bits per heavy atom. The van der Waals surface area contributed by atoms with Gasteiger partial charge in [-0.2, -0.15) is 0 Å². The summed E-state index contributed by atoms with van der Waals surface area (Å²) in [4.78, 5) is 2.23. The second kappa shape index (κ2) is 7.15. The van der Waals surface area contributed by atoms with Crippen molar-refractivity contribution in [2.45, 2.75) is 13.8 Å². The van der Waals surface area contributed by atoms with Crippen LogP contribution in [-0.4, -0.2) is 32.1 Å². The molecule has 0 saturated heterocycles. The number of hydrogen-bond donors (Lipinski definition) is 1. The van der Waals surface area contributed by atoms with Crippen LogP contribution in [0, 0.1) is 0 Å². The van der Waals surface area contributed by atoms with E-state index in [9.17, 15) is 0 Å². The maximum absolute atomic E-state index is 3.39. The van der Waals surface area contributed by atoms with Crippen molar-refractivity contribution in [1.29, 1.82) is 0 Å². The number of rotatable bonds is 5. The maximum atomic E-state index is 3.39. The molecule has 0 aliphatic heterocycles. The minimum atomic E-state index is 1.01. The Bertz CT molecular complexity index is 193. The topological polar surface area (TPSA) is 15.3 Å². The summed E-state index contributed by atoms with van der Waals surface area (Å²) in [7, 11) is 4.07. The molecular weight excluding hydrogens is 228 g/mol. The zero-order chi connectivity index (χ0) is 10.3. The molecule has 0 unspecified atom stereocenters. The Morgan fingerprint density at radius 1 is 1.38 bits per heavy atom. The molecule has 1 N–H and O–H groups in total. The van der Waals surface area contributed by atoms with E-state index >= 15 is 0 Å². The summed E-state index contributed by atoms with van der Waals surface area (Å²) in [6, 6.07) is 0. The third kappa shape index (κ3) is 6.84. The monoisotopic (exact) mass is 246 g/mol. The molecule has 0 rings (SSSR count). The summed E-state index contributed by atoms with van der Waals surface area (Å²) in [6.07, 6.45) is 4.17. The van der Waals surface area contributed by atoms with Gasteiger partial charge in [0, 0.05) is 25.8 Å². The van der Waals surface area contributed by atoms with Gasteiger partial charge in [-0.25, -0.2) is 0 Å². The van der Waals surface area contributed by atoms with Gasteiger partial charge < -0.3 is 10.2 Å². The summed E-state index contributed by atoms with van der Waals surface area (Å²) < 4.78 is 1.15. The van der Waals surface area contributed by atoms with Crippen LogP contribution in [0.3, 0.4) is 0 Å². The molecule has 0 aliphatic rings. The number of nitrogens with zero attached hydrogens (tertiary/aromatic N) is 1. The Kier molecular flexibility index (Phi) is 7.00. The lowest BCUT2D eigenvalue weighted by Gasteiger charge is -2.19. The van der Waals surface area contributed by atoms with Crippen molar-refractivity contribution in [3.8, 4) is 0 Å². The molecule has 0 heterocycles. The normalized spacial score (nSPS) is 13.3. The van der Waals surface area contributed by atoms with Crippen molar-refractivity contribution in [3.05, 3.63) is 22.3 Å². The van der Waals surface area contributed by atoms with E-state index in [0.29, 0.717) is 0 Å². The number of allylic oxidation sites excluding steroid dienone is 4. The molecule has 0 atom stereocenters. The smallest absolute Gasteiger partial charge is 0.0296 e. The van der Waals surface area contributed by atoms with Crippen LogP contribution in [0.25, 0.3) is 0 Å². The van der Waals surface area contributed by atoms with Gasteiger partial charge in [0.25, 0.3) is 0 Å². The van der Waals surface area contributed by atoms with Crippen molar-refractivity contribution in [2.75, 3.05) is 27.2 Å². The van der Waals surface area contributed by atoms with E-state index in [-0.39, 0.29) is 0 Å². The zero-order valence-corrected chi connectivity index (χ0v) is 10.5. The van der Waals surface area contributed by atoms with Gasteiger partial charge in [-0.05, 0) is 31.5 Å². The van der Waals surface area contributed by atoms with E-state index < -0.39 is 0 Å². The average Bonchev–Trinajstić information content (AvgIpc) is 2.10. The van der Waals surface area contributed by atoms with E-state index in [0.717, 1.165) is 17.6 Å². The summed E-state index contributed by atoms with van der Waals surface area (Å²) >= 11 is 3.39. The van der Waals surface area contributed by atoms with Gasteiger partial charge in [-0.1, -0.05) is 22.0 Å². The summed E-state index contributed by atoms with van der Waals surface area (Å²) in [5, 5.41) is 3.12. The van der Waals surface area contributed by atoms with Crippen molar-refractivity contribution >= 4 is 15.9 Å². The van der Waals surface area contributed by atoms with Crippen LogP contribution in [0.2, 0.25) is 0 Å². The lowest BCUT2D eigenvalue weighted by molar-refractivity contribution is 0.416. The molecule has 3 heteroatoms. The first-order chi connectivity index (χ1) is 6.07. The molecule has 13 heavy (non-hydrogen) atoms. The number of likely N-dealkylation sites (N-methyl/N-ethyl adjacent to an activating group) is 2. The number of nitrogens with one attached hydrogen (secondary N) is 1. The van der Waals surface area contributed by atoms with E-state index in [4.69, 9.17) is 0 Å². The second-order valence-corrected chi connectivity index (χ2v) is 4.34. The number of halogens is 1. The lowest BCUT2D eigenvalue weighted by Crippen LogP contribution is -2.25. The van der Waals surface area contributed by atoms with Crippen molar-refractivity contribution in [3.63, 3.8) is 0 Å². The molecule has 76 valence electrons. The van der Waals surface area contributed by atoms with Gasteiger partial charge in [0.15, 0.2) is 0 Å². The maximum Gasteiger partial charge on any atom is 0.0296 e. The third-order valence-electron chi connectivity index (χ3n) is 1.85. The minimum Gasteiger partial charge on any atom is -0.377 e. The van der Waals surface area contributed by atoms with E-state index in [1.165, 1.54) is 5.70 Å². The van der Waals surface area contributed by atoms with E-state index in [1.807, 2.05) is 14.0 Å². The Morgan fingerprint density at radius 3 is 2.46 bits per heavy atom. The lowest BCUT2D eigenvalue weighted by atomic mass is 10.3. The van der Waals surface area contributed by atoms with Crippen LogP contribution in [0.15, 0.2) is 22.3 Å². The fourth-order valence-electron chi connectivity index (χ4n) is 0.819. The van der Waals surface area contributed by atoms with E-state index in [2.05, 4.69) is 52.3 Å². The fraction of sp³-hybridized carbons (Fsp3) is 0.600. The van der Waals surface area contributed by atoms with Gasteiger partial charge in [0.1, 0.15) is 0 Å². The molecule has 0 amide bonds. The Balaban J connectivity index is 4.00. The first-order valence-corrected chi connectivity index (χ1v) is 5.23. The zero-order valence-electron chi connectivity index (χ0n) is 8.89. The van der Waals surface area contributed by atoms with Gasteiger partial charge in [0.2, 0.25) is 0 Å². The largest absolute Gasteiger partial charge is 0.377 e. The van der Waals surface area contributed by atoms with Crippen LogP contribution in [0.5, 0.6) is 0 Å². The Hall–Kier alpha value is -0.280. The molecule has 0 saturated carbocycles. The summed E-state index contributed by atoms with van der Waals surface area (Å²) in [5.74, 6) is 0. The third-order valence-corrected chi connectivity index (χ3v) is 2.12. The molecule has 0 spiro atoms. The van der Waals surface area contributed by atoms with Crippen LogP contribution < -0.4 is 5.32 Å². The van der Waals surface area contributed by atoms with Crippen LogP contribution in [-0.2, 0) is 0 Å². The van der Waals surface area contributed by atoms with Crippen LogP contribution >= 0.6 is 15.9 Å². The molecule has 2 nitrogen and oxygen atoms in total. The van der Waals surface area contributed by atoms with Crippen molar-refractivity contribution in [2.24, 2.45) is 0 Å². The van der Waals surface area contributed by atoms with Crippen LogP contribution in [0.4, 0.5) is 0 Å².